The molecule has 20 heavy (non-hydrogen) atoms. The molecule has 2 aromatic rings. The molecule has 1 heterocycles. The Kier molecular flexibility index (Phi) is 4.23. The quantitative estimate of drug-likeness (QED) is 0.927. The fraction of sp³-hybridized carbons (Fsp3) is 0.312. The fourth-order valence-electron chi connectivity index (χ4n) is 2.21. The molecule has 0 saturated heterocycles. The first-order valence-electron chi connectivity index (χ1n) is 6.74. The minimum Gasteiger partial charge on any atom is -0.398 e. The summed E-state index contributed by atoms with van der Waals surface area (Å²) in [5.41, 5.74) is 10.2. The summed E-state index contributed by atoms with van der Waals surface area (Å²) in [4.78, 5) is 6.40. The Morgan fingerprint density at radius 3 is 2.60 bits per heavy atom. The molecule has 4 heteroatoms. The number of benzene rings is 1. The molecule has 0 amide bonds. The Balaban J connectivity index is 2.32. The monoisotopic (exact) mass is 273 g/mol. The van der Waals surface area contributed by atoms with E-state index in [1.807, 2.05) is 31.7 Å². The van der Waals surface area contributed by atoms with Crippen LogP contribution >= 0.6 is 0 Å². The van der Waals surface area contributed by atoms with E-state index >= 15 is 0 Å². The highest BCUT2D eigenvalue weighted by Gasteiger charge is 2.13. The molecule has 0 radical (unpaired) electrons. The average molecular weight is 273 g/mol. The molecule has 2 N–H and O–H groups in total. The van der Waals surface area contributed by atoms with Crippen molar-refractivity contribution in [2.45, 2.75) is 27.3 Å². The molecule has 3 nitrogen and oxygen atoms in total. The van der Waals surface area contributed by atoms with E-state index in [-0.39, 0.29) is 5.82 Å². The molecule has 0 fully saturated rings. The van der Waals surface area contributed by atoms with Gasteiger partial charge in [-0.1, -0.05) is 12.1 Å². The molecule has 0 aliphatic carbocycles. The molecule has 1 aromatic carbocycles. The van der Waals surface area contributed by atoms with Crippen molar-refractivity contribution in [2.24, 2.45) is 0 Å². The molecule has 0 saturated carbocycles. The second kappa shape index (κ2) is 5.90. The number of halogens is 1. The second-order valence-corrected chi connectivity index (χ2v) is 4.89. The van der Waals surface area contributed by atoms with Gasteiger partial charge < -0.3 is 10.6 Å². The molecule has 0 spiro atoms. The molecular weight excluding hydrogens is 253 g/mol. The van der Waals surface area contributed by atoms with Gasteiger partial charge in [0, 0.05) is 18.4 Å². The molecule has 0 bridgehead atoms. The zero-order chi connectivity index (χ0) is 14.7. The van der Waals surface area contributed by atoms with E-state index in [2.05, 4.69) is 4.98 Å². The summed E-state index contributed by atoms with van der Waals surface area (Å²) in [7, 11) is 0. The van der Waals surface area contributed by atoms with Gasteiger partial charge in [0.25, 0.3) is 0 Å². The number of nitrogens with two attached hydrogens (primary N) is 1. The van der Waals surface area contributed by atoms with Gasteiger partial charge in [-0.25, -0.2) is 4.39 Å². The maximum Gasteiger partial charge on any atom is 0.146 e. The molecular formula is C16H20FN3. The number of pyridine rings is 1. The van der Waals surface area contributed by atoms with Gasteiger partial charge in [-0.05, 0) is 44.0 Å². The van der Waals surface area contributed by atoms with Crippen molar-refractivity contribution in [1.29, 1.82) is 0 Å². The lowest BCUT2D eigenvalue weighted by Gasteiger charge is -2.24. The van der Waals surface area contributed by atoms with Crippen molar-refractivity contribution in [2.75, 3.05) is 17.2 Å². The summed E-state index contributed by atoms with van der Waals surface area (Å²) in [6.45, 7) is 7.15. The number of nitrogen functional groups attached to an aromatic ring is 1. The zero-order valence-electron chi connectivity index (χ0n) is 12.2. The number of aromatic nitrogens is 1. The van der Waals surface area contributed by atoms with Crippen molar-refractivity contribution in [3.63, 3.8) is 0 Å². The third-order valence-electron chi connectivity index (χ3n) is 3.59. The normalized spacial score (nSPS) is 10.6. The Hall–Kier alpha value is -2.10. The molecule has 106 valence electrons. The number of para-hydroxylation sites is 1. The number of nitrogens with zero attached hydrogens (tertiary/aromatic N) is 2. The first-order chi connectivity index (χ1) is 9.54. The Morgan fingerprint density at radius 1 is 1.25 bits per heavy atom. The molecule has 2 rings (SSSR count). The van der Waals surface area contributed by atoms with Gasteiger partial charge in [0.1, 0.15) is 5.82 Å². The minimum atomic E-state index is -0.216. The van der Waals surface area contributed by atoms with E-state index in [0.29, 0.717) is 18.8 Å². The standard InChI is InChI=1S/C16H20FN3/c1-4-20(15-8-6-5-7-13(15)17)10-14-12(3)16(18)11(2)9-19-14/h5-9H,4,10H2,1-3H3,(H2,18,19). The lowest BCUT2D eigenvalue weighted by Crippen LogP contribution is -2.24. The van der Waals surface area contributed by atoms with Crippen LogP contribution in [0.25, 0.3) is 0 Å². The van der Waals surface area contributed by atoms with Crippen molar-refractivity contribution in [1.82, 2.24) is 4.98 Å². The van der Waals surface area contributed by atoms with Gasteiger partial charge in [0.15, 0.2) is 0 Å². The largest absolute Gasteiger partial charge is 0.398 e. The van der Waals surface area contributed by atoms with Crippen LogP contribution in [0.1, 0.15) is 23.7 Å². The molecule has 0 aliphatic rings. The third kappa shape index (κ3) is 2.74. The summed E-state index contributed by atoms with van der Waals surface area (Å²) in [5, 5.41) is 0. The highest BCUT2D eigenvalue weighted by molar-refractivity contribution is 5.55. The van der Waals surface area contributed by atoms with Crippen LogP contribution in [-0.4, -0.2) is 11.5 Å². The van der Waals surface area contributed by atoms with Crippen LogP contribution in [0.4, 0.5) is 15.8 Å². The van der Waals surface area contributed by atoms with E-state index in [1.165, 1.54) is 6.07 Å². The number of anilines is 2. The maximum atomic E-state index is 13.9. The topological polar surface area (TPSA) is 42.2 Å². The van der Waals surface area contributed by atoms with Crippen molar-refractivity contribution in [3.05, 3.63) is 53.1 Å². The lowest BCUT2D eigenvalue weighted by molar-refractivity contribution is 0.617. The van der Waals surface area contributed by atoms with Crippen molar-refractivity contribution >= 4 is 11.4 Å². The summed E-state index contributed by atoms with van der Waals surface area (Å²) >= 11 is 0. The van der Waals surface area contributed by atoms with E-state index in [4.69, 9.17) is 5.73 Å². The predicted molar refractivity (Wildman–Crippen MR) is 81.2 cm³/mol. The number of aryl methyl sites for hydroxylation is 1. The van der Waals surface area contributed by atoms with Crippen LogP contribution in [0.5, 0.6) is 0 Å². The first kappa shape index (κ1) is 14.3. The number of rotatable bonds is 4. The summed E-state index contributed by atoms with van der Waals surface area (Å²) in [6.07, 6.45) is 1.77. The average Bonchev–Trinajstić information content (AvgIpc) is 2.45. The van der Waals surface area contributed by atoms with Crippen LogP contribution in [0.15, 0.2) is 30.5 Å². The van der Waals surface area contributed by atoms with Crippen LogP contribution in [0.3, 0.4) is 0 Å². The van der Waals surface area contributed by atoms with Crippen LogP contribution < -0.4 is 10.6 Å². The smallest absolute Gasteiger partial charge is 0.146 e. The number of hydrogen-bond acceptors (Lipinski definition) is 3. The Bertz CT molecular complexity index is 611. The van der Waals surface area contributed by atoms with E-state index in [9.17, 15) is 4.39 Å². The van der Waals surface area contributed by atoms with Gasteiger partial charge in [-0.2, -0.15) is 0 Å². The van der Waals surface area contributed by atoms with Gasteiger partial charge in [0.05, 0.1) is 17.9 Å². The molecule has 0 aliphatic heterocycles. The zero-order valence-corrected chi connectivity index (χ0v) is 12.2. The Labute approximate surface area is 119 Å². The highest BCUT2D eigenvalue weighted by Crippen LogP contribution is 2.23. The van der Waals surface area contributed by atoms with Crippen LogP contribution in [-0.2, 0) is 6.54 Å². The minimum absolute atomic E-state index is 0.216. The lowest BCUT2D eigenvalue weighted by atomic mass is 10.1. The van der Waals surface area contributed by atoms with Gasteiger partial charge in [-0.3, -0.25) is 4.98 Å². The van der Waals surface area contributed by atoms with Gasteiger partial charge >= 0.3 is 0 Å². The summed E-state index contributed by atoms with van der Waals surface area (Å²) in [6, 6.07) is 6.79. The van der Waals surface area contributed by atoms with Gasteiger partial charge in [0.2, 0.25) is 0 Å². The fourth-order valence-corrected chi connectivity index (χ4v) is 2.21. The van der Waals surface area contributed by atoms with Gasteiger partial charge in [-0.15, -0.1) is 0 Å². The first-order valence-corrected chi connectivity index (χ1v) is 6.74. The Morgan fingerprint density at radius 2 is 1.95 bits per heavy atom. The maximum absolute atomic E-state index is 13.9. The summed E-state index contributed by atoms with van der Waals surface area (Å²) < 4.78 is 13.9. The third-order valence-corrected chi connectivity index (χ3v) is 3.59. The molecule has 1 aromatic heterocycles. The van der Waals surface area contributed by atoms with E-state index in [0.717, 1.165) is 22.5 Å². The van der Waals surface area contributed by atoms with Crippen LogP contribution in [0.2, 0.25) is 0 Å². The van der Waals surface area contributed by atoms with E-state index in [1.54, 1.807) is 18.3 Å². The summed E-state index contributed by atoms with van der Waals surface area (Å²) in [5.74, 6) is -0.216. The number of hydrogen-bond donors (Lipinski definition) is 1. The molecule has 0 unspecified atom stereocenters. The van der Waals surface area contributed by atoms with Crippen molar-refractivity contribution < 1.29 is 4.39 Å². The second-order valence-electron chi connectivity index (χ2n) is 4.89. The van der Waals surface area contributed by atoms with Crippen LogP contribution in [0, 0.1) is 19.7 Å². The highest BCUT2D eigenvalue weighted by atomic mass is 19.1. The van der Waals surface area contributed by atoms with Crippen molar-refractivity contribution in [3.8, 4) is 0 Å². The van der Waals surface area contributed by atoms with E-state index < -0.39 is 0 Å². The predicted octanol–water partition coefficient (Wildman–Crippen LogP) is 3.45. The molecule has 0 atom stereocenters. The SMILES string of the molecule is CCN(Cc1ncc(C)c(N)c1C)c1ccccc1F.